The molecule has 3 rings (SSSR count). The van der Waals surface area contributed by atoms with Crippen molar-refractivity contribution in [1.82, 2.24) is 14.5 Å². The van der Waals surface area contributed by atoms with E-state index in [-0.39, 0.29) is 11.9 Å². The number of nitrogens with one attached hydrogen (secondary N) is 1. The summed E-state index contributed by atoms with van der Waals surface area (Å²) in [6.07, 6.45) is 0.778. The number of hydrogen-bond donors (Lipinski definition) is 1. The van der Waals surface area contributed by atoms with E-state index in [0.29, 0.717) is 28.9 Å². The Morgan fingerprint density at radius 1 is 1.03 bits per heavy atom. The summed E-state index contributed by atoms with van der Waals surface area (Å²) in [6, 6.07) is 12.8. The van der Waals surface area contributed by atoms with Crippen LogP contribution in [0.5, 0.6) is 5.75 Å². The summed E-state index contributed by atoms with van der Waals surface area (Å²) < 4.78 is 7.93. The van der Waals surface area contributed by atoms with Crippen LogP contribution < -0.4 is 21.3 Å². The number of aromatic nitrogens is 2. The van der Waals surface area contributed by atoms with Crippen LogP contribution in [0.4, 0.5) is 0 Å². The monoisotopic (exact) mass is 409 g/mol. The van der Waals surface area contributed by atoms with Gasteiger partial charge in [0.15, 0.2) is 0 Å². The minimum atomic E-state index is -0.786. The molecule has 158 valence electrons. The topological polar surface area (TPSA) is 82.3 Å². The molecule has 7 heteroatoms. The molecule has 0 aliphatic carbocycles. The van der Waals surface area contributed by atoms with E-state index in [2.05, 4.69) is 5.32 Å². The predicted octanol–water partition coefficient (Wildman–Crippen LogP) is 3.03. The van der Waals surface area contributed by atoms with Gasteiger partial charge >= 0.3 is 5.69 Å². The van der Waals surface area contributed by atoms with Crippen LogP contribution in [0.3, 0.4) is 0 Å². The summed E-state index contributed by atoms with van der Waals surface area (Å²) in [7, 11) is 0. The normalized spacial score (nSPS) is 13.1. The minimum absolute atomic E-state index is 0.0149. The number of hydrogen-bond acceptors (Lipinski definition) is 4. The molecular weight excluding hydrogens is 382 g/mol. The van der Waals surface area contributed by atoms with Gasteiger partial charge in [0.1, 0.15) is 11.8 Å². The third kappa shape index (κ3) is 4.01. The quantitative estimate of drug-likeness (QED) is 0.650. The fraction of sp³-hybridized carbons (Fsp3) is 0.348. The molecule has 1 amide bonds. The van der Waals surface area contributed by atoms with E-state index >= 15 is 0 Å². The van der Waals surface area contributed by atoms with Crippen LogP contribution in [0.1, 0.15) is 40.2 Å². The van der Waals surface area contributed by atoms with Crippen molar-refractivity contribution in [3.05, 3.63) is 69.4 Å². The molecule has 7 nitrogen and oxygen atoms in total. The van der Waals surface area contributed by atoms with Crippen molar-refractivity contribution in [3.8, 4) is 11.4 Å². The predicted molar refractivity (Wildman–Crippen MR) is 118 cm³/mol. The molecule has 0 bridgehead atoms. The molecule has 0 unspecified atom stereocenters. The number of nitrogens with zero attached hydrogens (tertiary/aromatic N) is 2. The van der Waals surface area contributed by atoms with Crippen molar-refractivity contribution in [3.63, 3.8) is 0 Å². The molecule has 3 aromatic rings. The first-order valence-corrected chi connectivity index (χ1v) is 10.2. The van der Waals surface area contributed by atoms with Crippen molar-refractivity contribution in [2.24, 2.45) is 0 Å². The lowest BCUT2D eigenvalue weighted by Crippen LogP contribution is -2.45. The molecule has 0 saturated carbocycles. The van der Waals surface area contributed by atoms with Gasteiger partial charge in [0.05, 0.1) is 23.2 Å². The number of ether oxygens (including phenoxy) is 1. The zero-order valence-corrected chi connectivity index (χ0v) is 17.7. The Morgan fingerprint density at radius 3 is 2.33 bits per heavy atom. The Morgan fingerprint density at radius 2 is 1.70 bits per heavy atom. The van der Waals surface area contributed by atoms with Crippen molar-refractivity contribution >= 4 is 16.8 Å². The van der Waals surface area contributed by atoms with Gasteiger partial charge in [-0.2, -0.15) is 0 Å². The number of rotatable bonds is 7. The van der Waals surface area contributed by atoms with Crippen LogP contribution in [-0.2, 0) is 4.79 Å². The summed E-state index contributed by atoms with van der Waals surface area (Å²) in [4.78, 5) is 39.4. The fourth-order valence-corrected chi connectivity index (χ4v) is 3.33. The summed E-state index contributed by atoms with van der Waals surface area (Å²) in [5.74, 6) is 0.380. The highest BCUT2D eigenvalue weighted by molar-refractivity contribution is 5.84. The lowest BCUT2D eigenvalue weighted by molar-refractivity contribution is -0.124. The molecule has 0 saturated heterocycles. The van der Waals surface area contributed by atoms with Gasteiger partial charge in [-0.25, -0.2) is 9.36 Å². The molecule has 0 aliphatic rings. The smallest absolute Gasteiger partial charge is 0.336 e. The standard InChI is InChI=1S/C23H27N3O4/c1-5-15(3)24-21(27)16(4)25-20-10-8-7-9-19(20)22(28)26(23(25)29)17-11-13-18(14-12-17)30-6-2/h7-16H,5-6H2,1-4H3,(H,24,27)/t15-,16-/m1/s1. The van der Waals surface area contributed by atoms with Crippen LogP contribution in [0.15, 0.2) is 58.1 Å². The number of carbonyl (C=O) groups excluding carboxylic acids is 1. The first kappa shape index (κ1) is 21.4. The molecule has 1 N–H and O–H groups in total. The maximum atomic E-state index is 13.4. The van der Waals surface area contributed by atoms with Crippen molar-refractivity contribution < 1.29 is 9.53 Å². The summed E-state index contributed by atoms with van der Waals surface area (Å²) in [5.41, 5.74) is -0.135. The van der Waals surface area contributed by atoms with Gasteiger partial charge in [0, 0.05) is 6.04 Å². The molecule has 0 radical (unpaired) electrons. The molecule has 0 aliphatic heterocycles. The Labute approximate surface area is 174 Å². The van der Waals surface area contributed by atoms with E-state index in [0.717, 1.165) is 11.0 Å². The number of carbonyl (C=O) groups is 1. The van der Waals surface area contributed by atoms with Gasteiger partial charge < -0.3 is 10.1 Å². The Bertz CT molecular complexity index is 1160. The van der Waals surface area contributed by atoms with Crippen molar-refractivity contribution in [2.75, 3.05) is 6.61 Å². The van der Waals surface area contributed by atoms with Gasteiger partial charge in [0.2, 0.25) is 5.91 Å². The average molecular weight is 409 g/mol. The van der Waals surface area contributed by atoms with Crippen LogP contribution in [0.25, 0.3) is 16.6 Å². The number of amides is 1. The Kier molecular flexibility index (Phi) is 6.40. The van der Waals surface area contributed by atoms with Crippen LogP contribution >= 0.6 is 0 Å². The first-order valence-electron chi connectivity index (χ1n) is 10.2. The lowest BCUT2D eigenvalue weighted by Gasteiger charge is -2.21. The zero-order chi connectivity index (χ0) is 21.8. The van der Waals surface area contributed by atoms with Gasteiger partial charge in [-0.05, 0) is 63.6 Å². The Balaban J connectivity index is 2.21. The Hall–Kier alpha value is -3.35. The molecule has 1 aromatic heterocycles. The van der Waals surface area contributed by atoms with Crippen LogP contribution in [0, 0.1) is 0 Å². The third-order valence-corrected chi connectivity index (χ3v) is 5.17. The fourth-order valence-electron chi connectivity index (χ4n) is 3.33. The van der Waals surface area contributed by atoms with Gasteiger partial charge in [0.25, 0.3) is 5.56 Å². The molecule has 2 atom stereocenters. The van der Waals surface area contributed by atoms with Crippen LogP contribution in [0.2, 0.25) is 0 Å². The second kappa shape index (κ2) is 8.98. The molecule has 30 heavy (non-hydrogen) atoms. The zero-order valence-electron chi connectivity index (χ0n) is 17.7. The van der Waals surface area contributed by atoms with E-state index in [1.165, 1.54) is 4.57 Å². The van der Waals surface area contributed by atoms with Crippen LogP contribution in [-0.4, -0.2) is 27.7 Å². The van der Waals surface area contributed by atoms with Crippen molar-refractivity contribution in [2.45, 2.75) is 46.2 Å². The molecule has 0 fully saturated rings. The highest BCUT2D eigenvalue weighted by atomic mass is 16.5. The second-order valence-electron chi connectivity index (χ2n) is 7.23. The maximum absolute atomic E-state index is 13.4. The van der Waals surface area contributed by atoms with E-state index in [1.807, 2.05) is 20.8 Å². The first-order chi connectivity index (χ1) is 14.4. The summed E-state index contributed by atoms with van der Waals surface area (Å²) in [5, 5.41) is 3.28. The molecule has 0 spiro atoms. The summed E-state index contributed by atoms with van der Waals surface area (Å²) >= 11 is 0. The van der Waals surface area contributed by atoms with E-state index in [1.54, 1.807) is 55.5 Å². The number of benzene rings is 2. The molecule has 1 heterocycles. The second-order valence-corrected chi connectivity index (χ2v) is 7.23. The SMILES string of the molecule is CCOc1ccc(-n2c(=O)c3ccccc3n([C@H](C)C(=O)N[C@H](C)CC)c2=O)cc1. The maximum Gasteiger partial charge on any atom is 0.336 e. The molecule has 2 aromatic carbocycles. The largest absolute Gasteiger partial charge is 0.494 e. The van der Waals surface area contributed by atoms with Gasteiger partial charge in [-0.3, -0.25) is 14.2 Å². The number of para-hydroxylation sites is 1. The lowest BCUT2D eigenvalue weighted by atomic mass is 10.2. The molecular formula is C23H27N3O4. The highest BCUT2D eigenvalue weighted by Gasteiger charge is 2.23. The highest BCUT2D eigenvalue weighted by Crippen LogP contribution is 2.17. The number of fused-ring (bicyclic) bond motifs is 1. The van der Waals surface area contributed by atoms with Gasteiger partial charge in [-0.1, -0.05) is 19.1 Å². The minimum Gasteiger partial charge on any atom is -0.494 e. The van der Waals surface area contributed by atoms with Gasteiger partial charge in [-0.15, -0.1) is 0 Å². The van der Waals surface area contributed by atoms with Crippen molar-refractivity contribution in [1.29, 1.82) is 0 Å². The van der Waals surface area contributed by atoms with E-state index < -0.39 is 17.3 Å². The summed E-state index contributed by atoms with van der Waals surface area (Å²) in [6.45, 7) is 7.95. The third-order valence-electron chi connectivity index (χ3n) is 5.17. The van der Waals surface area contributed by atoms with E-state index in [9.17, 15) is 14.4 Å². The average Bonchev–Trinajstić information content (AvgIpc) is 2.75. The van der Waals surface area contributed by atoms with E-state index in [4.69, 9.17) is 4.74 Å².